The van der Waals surface area contributed by atoms with Crippen molar-refractivity contribution < 1.29 is 10.0 Å². The van der Waals surface area contributed by atoms with Gasteiger partial charge in [0.05, 0.1) is 5.71 Å². The molecule has 0 aromatic rings. The van der Waals surface area contributed by atoms with Crippen LogP contribution < -0.4 is 0 Å². The predicted octanol–water partition coefficient (Wildman–Crippen LogP) is 1.73. The van der Waals surface area contributed by atoms with Gasteiger partial charge in [-0.3, -0.25) is 4.79 Å². The molecule has 1 aliphatic rings. The van der Waals surface area contributed by atoms with Gasteiger partial charge >= 0.3 is 0 Å². The SMILES string of the molecule is CC1CN(C(=O)C(C)(C)C)CCC1=NO. The quantitative estimate of drug-likeness (QED) is 0.491. The van der Waals surface area contributed by atoms with Gasteiger partial charge in [-0.05, 0) is 0 Å². The number of nitrogens with zero attached hydrogens (tertiary/aromatic N) is 2. The summed E-state index contributed by atoms with van der Waals surface area (Å²) >= 11 is 0. The Hall–Kier alpha value is -1.06. The van der Waals surface area contributed by atoms with Crippen molar-refractivity contribution >= 4 is 11.6 Å². The van der Waals surface area contributed by atoms with E-state index in [4.69, 9.17) is 5.21 Å². The summed E-state index contributed by atoms with van der Waals surface area (Å²) in [6, 6.07) is 0. The van der Waals surface area contributed by atoms with E-state index in [9.17, 15) is 4.79 Å². The first-order chi connectivity index (χ1) is 6.86. The van der Waals surface area contributed by atoms with Gasteiger partial charge in [0.25, 0.3) is 0 Å². The zero-order valence-electron chi connectivity index (χ0n) is 9.95. The molecule has 1 saturated heterocycles. The Balaban J connectivity index is 2.67. The third kappa shape index (κ3) is 2.70. The maximum atomic E-state index is 12.0. The number of likely N-dealkylation sites (tertiary alicyclic amines) is 1. The number of hydrogen-bond donors (Lipinski definition) is 1. The topological polar surface area (TPSA) is 52.9 Å². The van der Waals surface area contributed by atoms with Crippen LogP contribution in [0.5, 0.6) is 0 Å². The fourth-order valence-corrected chi connectivity index (χ4v) is 1.83. The summed E-state index contributed by atoms with van der Waals surface area (Å²) in [4.78, 5) is 13.8. The van der Waals surface area contributed by atoms with E-state index in [0.717, 1.165) is 5.71 Å². The van der Waals surface area contributed by atoms with Crippen molar-refractivity contribution in [2.75, 3.05) is 13.1 Å². The van der Waals surface area contributed by atoms with Gasteiger partial charge in [-0.2, -0.15) is 0 Å². The van der Waals surface area contributed by atoms with E-state index < -0.39 is 0 Å². The van der Waals surface area contributed by atoms with Gasteiger partial charge in [0, 0.05) is 30.8 Å². The molecule has 0 aromatic heterocycles. The first kappa shape index (κ1) is 12.0. The molecule has 1 atom stereocenters. The normalized spacial score (nSPS) is 25.7. The van der Waals surface area contributed by atoms with Gasteiger partial charge < -0.3 is 10.1 Å². The standard InChI is InChI=1S/C11H20N2O2/c1-8-7-13(6-5-9(8)12-15)10(14)11(2,3)4/h8,15H,5-7H2,1-4H3. The Kier molecular flexibility index (Phi) is 3.37. The van der Waals surface area contributed by atoms with Crippen molar-refractivity contribution in [3.8, 4) is 0 Å². The third-order valence-corrected chi connectivity index (χ3v) is 2.76. The highest BCUT2D eigenvalue weighted by Crippen LogP contribution is 2.22. The molecule has 1 fully saturated rings. The zero-order chi connectivity index (χ0) is 11.6. The summed E-state index contributed by atoms with van der Waals surface area (Å²) < 4.78 is 0. The highest BCUT2D eigenvalue weighted by atomic mass is 16.4. The molecule has 1 N–H and O–H groups in total. The molecule has 1 amide bonds. The molecule has 86 valence electrons. The van der Waals surface area contributed by atoms with E-state index in [1.807, 2.05) is 32.6 Å². The molecule has 15 heavy (non-hydrogen) atoms. The van der Waals surface area contributed by atoms with Crippen LogP contribution in [-0.2, 0) is 4.79 Å². The largest absolute Gasteiger partial charge is 0.411 e. The summed E-state index contributed by atoms with van der Waals surface area (Å²) in [5.74, 6) is 0.335. The summed E-state index contributed by atoms with van der Waals surface area (Å²) in [7, 11) is 0. The molecule has 1 rings (SSSR count). The lowest BCUT2D eigenvalue weighted by Gasteiger charge is -2.35. The van der Waals surface area contributed by atoms with Crippen molar-refractivity contribution in [1.29, 1.82) is 0 Å². The van der Waals surface area contributed by atoms with Gasteiger partial charge in [-0.25, -0.2) is 0 Å². The fourth-order valence-electron chi connectivity index (χ4n) is 1.83. The summed E-state index contributed by atoms with van der Waals surface area (Å²) in [5, 5.41) is 12.0. The molecule has 1 heterocycles. The van der Waals surface area contributed by atoms with Crippen molar-refractivity contribution in [3.63, 3.8) is 0 Å². The van der Waals surface area contributed by atoms with Gasteiger partial charge in [0.2, 0.25) is 5.91 Å². The lowest BCUT2D eigenvalue weighted by Crippen LogP contribution is -2.47. The van der Waals surface area contributed by atoms with Crippen LogP contribution in [0.2, 0.25) is 0 Å². The van der Waals surface area contributed by atoms with Gasteiger partial charge in [0.1, 0.15) is 0 Å². The van der Waals surface area contributed by atoms with E-state index in [0.29, 0.717) is 19.5 Å². The average molecular weight is 212 g/mol. The first-order valence-corrected chi connectivity index (χ1v) is 5.36. The molecule has 0 bridgehead atoms. The van der Waals surface area contributed by atoms with Gasteiger partial charge in [0.15, 0.2) is 0 Å². The zero-order valence-corrected chi connectivity index (χ0v) is 9.95. The van der Waals surface area contributed by atoms with Crippen molar-refractivity contribution in [3.05, 3.63) is 0 Å². The number of carbonyl (C=O) groups excluding carboxylic acids is 1. The second-order valence-electron chi connectivity index (χ2n) is 5.24. The van der Waals surface area contributed by atoms with Crippen LogP contribution in [0, 0.1) is 11.3 Å². The monoisotopic (exact) mass is 212 g/mol. The van der Waals surface area contributed by atoms with Crippen LogP contribution in [0.15, 0.2) is 5.16 Å². The fraction of sp³-hybridized carbons (Fsp3) is 0.818. The highest BCUT2D eigenvalue weighted by molar-refractivity contribution is 5.89. The summed E-state index contributed by atoms with van der Waals surface area (Å²) in [5.41, 5.74) is 0.473. The molecular weight excluding hydrogens is 192 g/mol. The Morgan fingerprint density at radius 1 is 1.53 bits per heavy atom. The Bertz CT molecular complexity index is 279. The van der Waals surface area contributed by atoms with Crippen molar-refractivity contribution in [2.24, 2.45) is 16.5 Å². The van der Waals surface area contributed by atoms with Crippen LogP contribution in [-0.4, -0.2) is 34.8 Å². The van der Waals surface area contributed by atoms with E-state index in [1.54, 1.807) is 0 Å². The molecule has 1 aliphatic heterocycles. The molecule has 0 saturated carbocycles. The molecule has 0 spiro atoms. The maximum absolute atomic E-state index is 12.0. The summed E-state index contributed by atoms with van der Waals surface area (Å²) in [6.07, 6.45) is 0.680. The maximum Gasteiger partial charge on any atom is 0.227 e. The minimum atomic E-state index is -0.326. The third-order valence-electron chi connectivity index (χ3n) is 2.76. The van der Waals surface area contributed by atoms with E-state index in [2.05, 4.69) is 5.16 Å². The van der Waals surface area contributed by atoms with E-state index >= 15 is 0 Å². The summed E-state index contributed by atoms with van der Waals surface area (Å²) in [6.45, 7) is 9.09. The van der Waals surface area contributed by atoms with Crippen molar-refractivity contribution in [2.45, 2.75) is 34.1 Å². The Labute approximate surface area is 90.9 Å². The molecule has 0 radical (unpaired) electrons. The number of oxime groups is 1. The smallest absolute Gasteiger partial charge is 0.227 e. The molecule has 1 unspecified atom stereocenters. The number of amides is 1. The number of rotatable bonds is 0. The van der Waals surface area contributed by atoms with Crippen LogP contribution in [0.1, 0.15) is 34.1 Å². The molecule has 4 heteroatoms. The van der Waals surface area contributed by atoms with E-state index in [-0.39, 0.29) is 17.2 Å². The lowest BCUT2D eigenvalue weighted by molar-refractivity contribution is -0.140. The van der Waals surface area contributed by atoms with Gasteiger partial charge in [-0.1, -0.05) is 32.9 Å². The average Bonchev–Trinajstić information content (AvgIpc) is 2.15. The molecule has 0 aromatic carbocycles. The Morgan fingerprint density at radius 2 is 2.13 bits per heavy atom. The van der Waals surface area contributed by atoms with Crippen LogP contribution >= 0.6 is 0 Å². The number of hydrogen-bond acceptors (Lipinski definition) is 3. The van der Waals surface area contributed by atoms with Crippen LogP contribution in [0.4, 0.5) is 0 Å². The predicted molar refractivity (Wildman–Crippen MR) is 59.0 cm³/mol. The lowest BCUT2D eigenvalue weighted by atomic mass is 9.91. The van der Waals surface area contributed by atoms with E-state index in [1.165, 1.54) is 0 Å². The molecule has 0 aliphatic carbocycles. The van der Waals surface area contributed by atoms with Crippen LogP contribution in [0.3, 0.4) is 0 Å². The van der Waals surface area contributed by atoms with Crippen molar-refractivity contribution in [1.82, 2.24) is 4.90 Å². The minimum Gasteiger partial charge on any atom is -0.411 e. The number of carbonyl (C=O) groups is 1. The molecular formula is C11H20N2O2. The number of piperidine rings is 1. The second-order valence-corrected chi connectivity index (χ2v) is 5.24. The second kappa shape index (κ2) is 4.21. The van der Waals surface area contributed by atoms with Gasteiger partial charge in [-0.15, -0.1) is 0 Å². The highest BCUT2D eigenvalue weighted by Gasteiger charge is 2.31. The first-order valence-electron chi connectivity index (χ1n) is 5.36. The minimum absolute atomic E-state index is 0.162. The Morgan fingerprint density at radius 3 is 2.53 bits per heavy atom. The molecule has 4 nitrogen and oxygen atoms in total. The van der Waals surface area contributed by atoms with Crippen LogP contribution in [0.25, 0.3) is 0 Å².